The maximum absolute atomic E-state index is 12.8. The Labute approximate surface area is 181 Å². The molecule has 0 N–H and O–H groups in total. The van der Waals surface area contributed by atoms with Gasteiger partial charge >= 0.3 is 0 Å². The van der Waals surface area contributed by atoms with Crippen molar-refractivity contribution in [2.75, 3.05) is 33.3 Å². The van der Waals surface area contributed by atoms with Crippen molar-refractivity contribution in [3.05, 3.63) is 70.4 Å². The van der Waals surface area contributed by atoms with E-state index in [1.165, 1.54) is 5.56 Å². The minimum absolute atomic E-state index is 0.124. The molecule has 0 saturated carbocycles. The van der Waals surface area contributed by atoms with Gasteiger partial charge in [0, 0.05) is 54.9 Å². The molecule has 0 bridgehead atoms. The third kappa shape index (κ3) is 4.50. The predicted octanol–water partition coefficient (Wildman–Crippen LogP) is 4.27. The van der Waals surface area contributed by atoms with Crippen LogP contribution < -0.4 is 4.74 Å². The highest BCUT2D eigenvalue weighted by Gasteiger charge is 2.25. The third-order valence-corrected chi connectivity index (χ3v) is 5.60. The summed E-state index contributed by atoms with van der Waals surface area (Å²) in [5.74, 6) is 0.972. The second-order valence-electron chi connectivity index (χ2n) is 7.47. The van der Waals surface area contributed by atoms with Crippen LogP contribution in [0.1, 0.15) is 21.7 Å². The van der Waals surface area contributed by atoms with Gasteiger partial charge in [0.05, 0.1) is 7.11 Å². The highest BCUT2D eigenvalue weighted by atomic mass is 35.5. The molecule has 1 fully saturated rings. The Bertz CT molecular complexity index is 1020. The molecule has 1 saturated heterocycles. The fourth-order valence-electron chi connectivity index (χ4n) is 3.61. The lowest BCUT2D eigenvalue weighted by molar-refractivity contribution is 0.0588. The number of piperazine rings is 1. The van der Waals surface area contributed by atoms with Crippen LogP contribution in [0.3, 0.4) is 0 Å². The highest BCUT2D eigenvalue weighted by molar-refractivity contribution is 6.30. The lowest BCUT2D eigenvalue weighted by atomic mass is 10.1. The summed E-state index contributed by atoms with van der Waals surface area (Å²) in [5.41, 5.74) is 3.82. The van der Waals surface area contributed by atoms with Gasteiger partial charge in [0.2, 0.25) is 5.76 Å². The first-order valence-electron chi connectivity index (χ1n) is 9.91. The molecule has 0 atom stereocenters. The van der Waals surface area contributed by atoms with Gasteiger partial charge in [-0.1, -0.05) is 46.6 Å². The van der Waals surface area contributed by atoms with Gasteiger partial charge in [0.1, 0.15) is 11.4 Å². The van der Waals surface area contributed by atoms with Crippen molar-refractivity contribution in [1.82, 2.24) is 15.0 Å². The molecule has 1 aliphatic rings. The number of carbonyl (C=O) groups excluding carboxylic acids is 1. The molecule has 30 heavy (non-hydrogen) atoms. The average Bonchev–Trinajstić information content (AvgIpc) is 3.25. The fraction of sp³-hybridized carbons (Fsp3) is 0.304. The van der Waals surface area contributed by atoms with Crippen LogP contribution >= 0.6 is 11.6 Å². The first-order valence-corrected chi connectivity index (χ1v) is 10.3. The van der Waals surface area contributed by atoms with Crippen LogP contribution in [0, 0.1) is 6.92 Å². The molecule has 1 amide bonds. The molecule has 0 spiro atoms. The fourth-order valence-corrected chi connectivity index (χ4v) is 3.81. The van der Waals surface area contributed by atoms with E-state index in [1.807, 2.05) is 54.3 Å². The topological polar surface area (TPSA) is 58.8 Å². The zero-order chi connectivity index (χ0) is 21.1. The Kier molecular flexibility index (Phi) is 6.06. The SMILES string of the molecule is COc1ccc(Cl)cc1CN1CCN(C(=O)c2cc(-c3ccc(C)cc3)no2)CC1. The number of hydrogen-bond donors (Lipinski definition) is 0. The van der Waals surface area contributed by atoms with Crippen molar-refractivity contribution in [2.24, 2.45) is 0 Å². The van der Waals surface area contributed by atoms with Gasteiger partial charge in [-0.05, 0) is 25.1 Å². The molecule has 1 aliphatic heterocycles. The molecule has 2 aromatic carbocycles. The largest absolute Gasteiger partial charge is 0.496 e. The summed E-state index contributed by atoms with van der Waals surface area (Å²) in [4.78, 5) is 16.9. The van der Waals surface area contributed by atoms with Crippen LogP contribution in [0.5, 0.6) is 5.75 Å². The van der Waals surface area contributed by atoms with E-state index in [4.69, 9.17) is 20.9 Å². The molecule has 7 heteroatoms. The molecule has 0 aliphatic carbocycles. The van der Waals surface area contributed by atoms with E-state index in [2.05, 4.69) is 10.1 Å². The van der Waals surface area contributed by atoms with E-state index < -0.39 is 0 Å². The molecular formula is C23H24ClN3O3. The van der Waals surface area contributed by atoms with Crippen molar-refractivity contribution in [3.8, 4) is 17.0 Å². The number of aromatic nitrogens is 1. The van der Waals surface area contributed by atoms with E-state index in [-0.39, 0.29) is 11.7 Å². The van der Waals surface area contributed by atoms with Crippen molar-refractivity contribution in [3.63, 3.8) is 0 Å². The molecule has 3 aromatic rings. The van der Waals surface area contributed by atoms with E-state index in [9.17, 15) is 4.79 Å². The van der Waals surface area contributed by atoms with Gasteiger partial charge in [-0.2, -0.15) is 0 Å². The smallest absolute Gasteiger partial charge is 0.292 e. The molecule has 4 rings (SSSR count). The van der Waals surface area contributed by atoms with Crippen molar-refractivity contribution >= 4 is 17.5 Å². The maximum atomic E-state index is 12.8. The number of aryl methyl sites for hydroxylation is 1. The Morgan fingerprint density at radius 1 is 1.10 bits per heavy atom. The summed E-state index contributed by atoms with van der Waals surface area (Å²) in [6.07, 6.45) is 0. The summed E-state index contributed by atoms with van der Waals surface area (Å²) in [6.45, 7) is 5.54. The number of nitrogens with zero attached hydrogens (tertiary/aromatic N) is 3. The summed E-state index contributed by atoms with van der Waals surface area (Å²) >= 11 is 6.13. The van der Waals surface area contributed by atoms with E-state index >= 15 is 0 Å². The number of hydrogen-bond acceptors (Lipinski definition) is 5. The molecule has 0 radical (unpaired) electrons. The highest BCUT2D eigenvalue weighted by Crippen LogP contribution is 2.25. The Balaban J connectivity index is 1.37. The molecule has 0 unspecified atom stereocenters. The van der Waals surface area contributed by atoms with Crippen LogP contribution in [0.4, 0.5) is 0 Å². The number of benzene rings is 2. The zero-order valence-electron chi connectivity index (χ0n) is 17.1. The minimum atomic E-state index is -0.124. The van der Waals surface area contributed by atoms with E-state index in [0.717, 1.165) is 36.5 Å². The first kappa shape index (κ1) is 20.4. The first-order chi connectivity index (χ1) is 14.5. The summed E-state index contributed by atoms with van der Waals surface area (Å²) in [5, 5.41) is 4.76. The normalized spacial score (nSPS) is 14.7. The van der Waals surface area contributed by atoms with Gasteiger partial charge in [0.15, 0.2) is 0 Å². The number of methoxy groups -OCH3 is 1. The summed E-state index contributed by atoms with van der Waals surface area (Å²) in [7, 11) is 1.66. The average molecular weight is 426 g/mol. The summed E-state index contributed by atoms with van der Waals surface area (Å²) < 4.78 is 10.8. The van der Waals surface area contributed by atoms with Gasteiger partial charge in [0.25, 0.3) is 5.91 Å². The van der Waals surface area contributed by atoms with Crippen molar-refractivity contribution in [1.29, 1.82) is 0 Å². The van der Waals surface area contributed by atoms with Crippen LogP contribution in [0.25, 0.3) is 11.3 Å². The Morgan fingerprint density at radius 3 is 2.53 bits per heavy atom. The number of rotatable bonds is 5. The summed E-state index contributed by atoms with van der Waals surface area (Å²) in [6, 6.07) is 15.3. The van der Waals surface area contributed by atoms with Crippen LogP contribution in [-0.4, -0.2) is 54.2 Å². The van der Waals surface area contributed by atoms with Crippen LogP contribution in [0.2, 0.25) is 5.02 Å². The second-order valence-corrected chi connectivity index (χ2v) is 7.90. The number of ether oxygens (including phenoxy) is 1. The zero-order valence-corrected chi connectivity index (χ0v) is 17.9. The van der Waals surface area contributed by atoms with Crippen LogP contribution in [0.15, 0.2) is 53.1 Å². The Morgan fingerprint density at radius 2 is 1.83 bits per heavy atom. The minimum Gasteiger partial charge on any atom is -0.496 e. The molecule has 2 heterocycles. The van der Waals surface area contributed by atoms with E-state index in [0.29, 0.717) is 23.8 Å². The standard InChI is InChI=1S/C23H24ClN3O3/c1-16-3-5-17(6-4-16)20-14-22(30-25-20)23(28)27-11-9-26(10-12-27)15-18-13-19(24)7-8-21(18)29-2/h3-8,13-14H,9-12,15H2,1-2H3. The second kappa shape index (κ2) is 8.90. The van der Waals surface area contributed by atoms with Gasteiger partial charge in [-0.3, -0.25) is 9.69 Å². The predicted molar refractivity (Wildman–Crippen MR) is 116 cm³/mol. The van der Waals surface area contributed by atoms with Gasteiger partial charge < -0.3 is 14.2 Å². The number of carbonyl (C=O) groups is 1. The van der Waals surface area contributed by atoms with Gasteiger partial charge in [-0.25, -0.2) is 0 Å². The third-order valence-electron chi connectivity index (χ3n) is 5.36. The number of halogens is 1. The molecular weight excluding hydrogens is 402 g/mol. The van der Waals surface area contributed by atoms with Crippen molar-refractivity contribution < 1.29 is 14.1 Å². The van der Waals surface area contributed by atoms with E-state index in [1.54, 1.807) is 13.2 Å². The van der Waals surface area contributed by atoms with Crippen molar-refractivity contribution in [2.45, 2.75) is 13.5 Å². The monoisotopic (exact) mass is 425 g/mol. The Hall–Kier alpha value is -2.83. The van der Waals surface area contributed by atoms with Crippen LogP contribution in [-0.2, 0) is 6.54 Å². The van der Waals surface area contributed by atoms with Gasteiger partial charge in [-0.15, -0.1) is 0 Å². The molecule has 6 nitrogen and oxygen atoms in total. The molecule has 156 valence electrons. The number of amides is 1. The molecule has 1 aromatic heterocycles. The lowest BCUT2D eigenvalue weighted by Crippen LogP contribution is -2.48. The quantitative estimate of drug-likeness (QED) is 0.611. The lowest BCUT2D eigenvalue weighted by Gasteiger charge is -2.34. The maximum Gasteiger partial charge on any atom is 0.292 e.